The average Bonchev–Trinajstić information content (AvgIpc) is 2.80. The summed E-state index contributed by atoms with van der Waals surface area (Å²) in [7, 11) is 1.64. The topological polar surface area (TPSA) is 50.8 Å². The Labute approximate surface area is 177 Å². The fourth-order valence-electron chi connectivity index (χ4n) is 3.72. The molecule has 3 aromatic rings. The van der Waals surface area contributed by atoms with Gasteiger partial charge in [0.1, 0.15) is 18.1 Å². The van der Waals surface area contributed by atoms with E-state index in [0.717, 1.165) is 29.3 Å². The van der Waals surface area contributed by atoms with Crippen LogP contribution in [0.25, 0.3) is 0 Å². The molecule has 154 valence electrons. The molecule has 1 atom stereocenters. The Balaban J connectivity index is 1.45. The van der Waals surface area contributed by atoms with E-state index in [1.54, 1.807) is 7.11 Å². The average molecular weight is 402 g/mol. The number of rotatable bonds is 7. The third kappa shape index (κ3) is 4.74. The SMILES string of the molecule is COc1cccc(CNC(=O)C[C@@H]2COc3ccccc3N2Cc2ccccc2)c1. The molecule has 1 aliphatic heterocycles. The van der Waals surface area contributed by atoms with Gasteiger partial charge in [0, 0.05) is 13.1 Å². The molecule has 1 heterocycles. The molecule has 1 N–H and O–H groups in total. The molecule has 30 heavy (non-hydrogen) atoms. The molecule has 5 heteroatoms. The van der Waals surface area contributed by atoms with Gasteiger partial charge in [-0.05, 0) is 35.4 Å². The minimum Gasteiger partial charge on any atom is -0.497 e. The molecule has 0 fully saturated rings. The van der Waals surface area contributed by atoms with Crippen molar-refractivity contribution in [3.05, 3.63) is 90.0 Å². The molecule has 1 amide bonds. The lowest BCUT2D eigenvalue weighted by Gasteiger charge is -2.38. The summed E-state index contributed by atoms with van der Waals surface area (Å²) in [5.74, 6) is 1.65. The van der Waals surface area contributed by atoms with Crippen molar-refractivity contribution in [2.45, 2.75) is 25.6 Å². The molecule has 0 saturated carbocycles. The first-order chi connectivity index (χ1) is 14.7. The van der Waals surface area contributed by atoms with Crippen molar-refractivity contribution < 1.29 is 14.3 Å². The first kappa shape index (κ1) is 19.8. The van der Waals surface area contributed by atoms with E-state index in [-0.39, 0.29) is 11.9 Å². The second-order valence-electron chi connectivity index (χ2n) is 7.38. The molecule has 0 unspecified atom stereocenters. The van der Waals surface area contributed by atoms with E-state index in [1.807, 2.05) is 60.7 Å². The number of hydrogen-bond acceptors (Lipinski definition) is 4. The van der Waals surface area contributed by atoms with E-state index in [4.69, 9.17) is 9.47 Å². The zero-order chi connectivity index (χ0) is 20.8. The lowest BCUT2D eigenvalue weighted by molar-refractivity contribution is -0.121. The number of carbonyl (C=O) groups excluding carboxylic acids is 1. The number of benzene rings is 3. The van der Waals surface area contributed by atoms with Crippen LogP contribution in [0.4, 0.5) is 5.69 Å². The maximum Gasteiger partial charge on any atom is 0.222 e. The van der Waals surface area contributed by atoms with Gasteiger partial charge in [-0.3, -0.25) is 4.79 Å². The zero-order valence-electron chi connectivity index (χ0n) is 17.1. The molecule has 0 spiro atoms. The highest BCUT2D eigenvalue weighted by molar-refractivity contribution is 5.77. The minimum atomic E-state index is -0.0367. The number of anilines is 1. The van der Waals surface area contributed by atoms with Gasteiger partial charge >= 0.3 is 0 Å². The summed E-state index contributed by atoms with van der Waals surface area (Å²) in [4.78, 5) is 15.0. The lowest BCUT2D eigenvalue weighted by Crippen LogP contribution is -2.45. The molecule has 0 aliphatic carbocycles. The third-order valence-corrected chi connectivity index (χ3v) is 5.29. The number of carbonyl (C=O) groups is 1. The highest BCUT2D eigenvalue weighted by atomic mass is 16.5. The lowest BCUT2D eigenvalue weighted by atomic mass is 10.1. The van der Waals surface area contributed by atoms with Crippen molar-refractivity contribution in [2.75, 3.05) is 18.6 Å². The van der Waals surface area contributed by atoms with Crippen LogP contribution >= 0.6 is 0 Å². The summed E-state index contributed by atoms with van der Waals surface area (Å²) < 4.78 is 11.2. The van der Waals surface area contributed by atoms with Crippen LogP contribution in [0.15, 0.2) is 78.9 Å². The zero-order valence-corrected chi connectivity index (χ0v) is 17.1. The quantitative estimate of drug-likeness (QED) is 0.645. The Morgan fingerprint density at radius 1 is 1.03 bits per heavy atom. The van der Waals surface area contributed by atoms with Crippen LogP contribution in [-0.2, 0) is 17.9 Å². The second kappa shape index (κ2) is 9.35. The van der Waals surface area contributed by atoms with Crippen LogP contribution in [0.2, 0.25) is 0 Å². The standard InChI is InChI=1S/C25H26N2O3/c1-29-22-11-7-10-20(14-22)16-26-25(28)15-21-18-30-24-13-6-5-12-23(24)27(21)17-19-8-3-2-4-9-19/h2-14,21H,15-18H2,1H3,(H,26,28)/t21-/m1/s1. The summed E-state index contributed by atoms with van der Waals surface area (Å²) in [6, 6.07) is 26.0. The summed E-state index contributed by atoms with van der Waals surface area (Å²) in [6.07, 6.45) is 0.366. The number of fused-ring (bicyclic) bond motifs is 1. The van der Waals surface area contributed by atoms with Gasteiger partial charge in [0.05, 0.1) is 25.3 Å². The van der Waals surface area contributed by atoms with Gasteiger partial charge in [-0.15, -0.1) is 0 Å². The van der Waals surface area contributed by atoms with E-state index in [1.165, 1.54) is 5.56 Å². The summed E-state index contributed by atoms with van der Waals surface area (Å²) >= 11 is 0. The van der Waals surface area contributed by atoms with Crippen LogP contribution in [0, 0.1) is 0 Å². The van der Waals surface area contributed by atoms with Gasteiger partial charge in [0.2, 0.25) is 5.91 Å². The Bertz CT molecular complexity index is 990. The fraction of sp³-hybridized carbons (Fsp3) is 0.240. The number of para-hydroxylation sites is 2. The highest BCUT2D eigenvalue weighted by Crippen LogP contribution is 2.35. The van der Waals surface area contributed by atoms with Crippen molar-refractivity contribution in [1.82, 2.24) is 5.32 Å². The molecule has 0 saturated heterocycles. The second-order valence-corrected chi connectivity index (χ2v) is 7.38. The smallest absolute Gasteiger partial charge is 0.222 e. The maximum absolute atomic E-state index is 12.7. The Hall–Kier alpha value is -3.47. The molecule has 4 rings (SSSR count). The molecular formula is C25H26N2O3. The summed E-state index contributed by atoms with van der Waals surface area (Å²) in [5.41, 5.74) is 3.24. The van der Waals surface area contributed by atoms with E-state index >= 15 is 0 Å². The van der Waals surface area contributed by atoms with Gasteiger partial charge in [0.15, 0.2) is 0 Å². The van der Waals surface area contributed by atoms with Crippen molar-refractivity contribution in [3.63, 3.8) is 0 Å². The largest absolute Gasteiger partial charge is 0.497 e. The van der Waals surface area contributed by atoms with E-state index in [9.17, 15) is 4.79 Å². The molecular weight excluding hydrogens is 376 g/mol. The van der Waals surface area contributed by atoms with Crippen LogP contribution in [-0.4, -0.2) is 25.7 Å². The van der Waals surface area contributed by atoms with Crippen molar-refractivity contribution in [2.24, 2.45) is 0 Å². The molecule has 0 radical (unpaired) electrons. The maximum atomic E-state index is 12.7. The fourth-order valence-corrected chi connectivity index (χ4v) is 3.72. The Morgan fingerprint density at radius 3 is 2.63 bits per heavy atom. The Kier molecular flexibility index (Phi) is 6.18. The van der Waals surface area contributed by atoms with E-state index in [0.29, 0.717) is 19.6 Å². The number of ether oxygens (including phenoxy) is 2. The van der Waals surface area contributed by atoms with Crippen molar-refractivity contribution >= 4 is 11.6 Å². The first-order valence-electron chi connectivity index (χ1n) is 10.1. The Morgan fingerprint density at radius 2 is 1.80 bits per heavy atom. The molecule has 5 nitrogen and oxygen atoms in total. The number of hydrogen-bond donors (Lipinski definition) is 1. The number of amides is 1. The van der Waals surface area contributed by atoms with E-state index in [2.05, 4.69) is 28.4 Å². The highest BCUT2D eigenvalue weighted by Gasteiger charge is 2.29. The van der Waals surface area contributed by atoms with Crippen LogP contribution < -0.4 is 19.7 Å². The number of nitrogens with zero attached hydrogens (tertiary/aromatic N) is 1. The van der Waals surface area contributed by atoms with Gasteiger partial charge in [0.25, 0.3) is 0 Å². The summed E-state index contributed by atoms with van der Waals surface area (Å²) in [6.45, 7) is 1.68. The van der Waals surface area contributed by atoms with Crippen LogP contribution in [0.5, 0.6) is 11.5 Å². The molecule has 0 bridgehead atoms. The minimum absolute atomic E-state index is 0.00358. The predicted octanol–water partition coefficient (Wildman–Crippen LogP) is 4.17. The number of methoxy groups -OCH3 is 1. The van der Waals surface area contributed by atoms with Gasteiger partial charge in [-0.1, -0.05) is 54.6 Å². The van der Waals surface area contributed by atoms with Crippen LogP contribution in [0.1, 0.15) is 17.5 Å². The molecule has 3 aromatic carbocycles. The molecule has 1 aliphatic rings. The third-order valence-electron chi connectivity index (χ3n) is 5.29. The predicted molar refractivity (Wildman–Crippen MR) is 118 cm³/mol. The van der Waals surface area contributed by atoms with Gasteiger partial charge in [-0.25, -0.2) is 0 Å². The van der Waals surface area contributed by atoms with E-state index < -0.39 is 0 Å². The normalized spacial score (nSPS) is 15.1. The van der Waals surface area contributed by atoms with Crippen LogP contribution in [0.3, 0.4) is 0 Å². The van der Waals surface area contributed by atoms with Gasteiger partial charge in [-0.2, -0.15) is 0 Å². The number of nitrogens with one attached hydrogen (secondary N) is 1. The summed E-state index contributed by atoms with van der Waals surface area (Å²) in [5, 5.41) is 3.03. The molecule has 0 aromatic heterocycles. The van der Waals surface area contributed by atoms with Gasteiger partial charge < -0.3 is 19.7 Å². The monoisotopic (exact) mass is 402 g/mol. The van der Waals surface area contributed by atoms with Crippen molar-refractivity contribution in [3.8, 4) is 11.5 Å². The first-order valence-corrected chi connectivity index (χ1v) is 10.1. The van der Waals surface area contributed by atoms with Crippen molar-refractivity contribution in [1.29, 1.82) is 0 Å².